The van der Waals surface area contributed by atoms with Gasteiger partial charge in [-0.3, -0.25) is 0 Å². The molecule has 0 spiro atoms. The van der Waals surface area contributed by atoms with Crippen molar-refractivity contribution in [1.82, 2.24) is 5.32 Å². The molecule has 0 aliphatic carbocycles. The normalized spacial score (nSPS) is 15.6. The standard InChI is InChI=1S/C10H17NO2/c1-8(6-12)5-11-9(2)10-3-4-13-7-10/h3-4,7-9,11-12H,5-6H2,1-2H3. The molecule has 0 aliphatic rings. The maximum absolute atomic E-state index is 8.82. The second kappa shape index (κ2) is 5.04. The molecule has 0 amide bonds. The number of nitrogens with one attached hydrogen (secondary N) is 1. The van der Waals surface area contributed by atoms with Crippen molar-refractivity contribution >= 4 is 0 Å². The zero-order valence-electron chi connectivity index (χ0n) is 8.16. The molecule has 0 saturated carbocycles. The van der Waals surface area contributed by atoms with Crippen molar-refractivity contribution in [3.8, 4) is 0 Å². The van der Waals surface area contributed by atoms with E-state index in [1.807, 2.05) is 13.0 Å². The van der Waals surface area contributed by atoms with Crippen LogP contribution in [0.2, 0.25) is 0 Å². The largest absolute Gasteiger partial charge is 0.472 e. The summed E-state index contributed by atoms with van der Waals surface area (Å²) in [7, 11) is 0. The fourth-order valence-electron chi connectivity index (χ4n) is 1.08. The predicted molar refractivity (Wildman–Crippen MR) is 51.4 cm³/mol. The Hall–Kier alpha value is -0.800. The van der Waals surface area contributed by atoms with E-state index in [1.54, 1.807) is 12.5 Å². The Kier molecular flexibility index (Phi) is 3.99. The highest BCUT2D eigenvalue weighted by Crippen LogP contribution is 2.12. The topological polar surface area (TPSA) is 45.4 Å². The number of rotatable bonds is 5. The zero-order valence-corrected chi connectivity index (χ0v) is 8.16. The van der Waals surface area contributed by atoms with Gasteiger partial charge in [-0.25, -0.2) is 0 Å². The van der Waals surface area contributed by atoms with Crippen LogP contribution < -0.4 is 5.32 Å². The molecule has 1 aromatic heterocycles. The van der Waals surface area contributed by atoms with Crippen LogP contribution in [0.25, 0.3) is 0 Å². The Balaban J connectivity index is 2.30. The lowest BCUT2D eigenvalue weighted by molar-refractivity contribution is 0.231. The average Bonchev–Trinajstić information content (AvgIpc) is 2.66. The Morgan fingerprint density at radius 3 is 2.85 bits per heavy atom. The molecule has 74 valence electrons. The lowest BCUT2D eigenvalue weighted by Crippen LogP contribution is -2.25. The third-order valence-corrected chi connectivity index (χ3v) is 2.13. The van der Waals surface area contributed by atoms with Crippen LogP contribution >= 0.6 is 0 Å². The summed E-state index contributed by atoms with van der Waals surface area (Å²) in [6.45, 7) is 5.14. The Morgan fingerprint density at radius 2 is 2.31 bits per heavy atom. The summed E-state index contributed by atoms with van der Waals surface area (Å²) in [5, 5.41) is 12.1. The van der Waals surface area contributed by atoms with Crippen molar-refractivity contribution in [2.75, 3.05) is 13.2 Å². The molecule has 3 nitrogen and oxygen atoms in total. The van der Waals surface area contributed by atoms with E-state index in [2.05, 4.69) is 12.2 Å². The SMILES string of the molecule is CC(CO)CNC(C)c1ccoc1. The molecule has 1 heterocycles. The van der Waals surface area contributed by atoms with Crippen LogP contribution in [-0.4, -0.2) is 18.3 Å². The molecule has 3 heteroatoms. The maximum atomic E-state index is 8.82. The van der Waals surface area contributed by atoms with E-state index in [4.69, 9.17) is 9.52 Å². The average molecular weight is 183 g/mol. The second-order valence-electron chi connectivity index (χ2n) is 3.47. The van der Waals surface area contributed by atoms with Gasteiger partial charge in [0.25, 0.3) is 0 Å². The molecule has 2 N–H and O–H groups in total. The minimum atomic E-state index is 0.227. The van der Waals surface area contributed by atoms with Crippen LogP contribution in [0.15, 0.2) is 23.0 Å². The van der Waals surface area contributed by atoms with Gasteiger partial charge in [-0.05, 0) is 18.9 Å². The van der Waals surface area contributed by atoms with E-state index >= 15 is 0 Å². The van der Waals surface area contributed by atoms with Gasteiger partial charge < -0.3 is 14.8 Å². The summed E-state index contributed by atoms with van der Waals surface area (Å²) in [4.78, 5) is 0. The van der Waals surface area contributed by atoms with Crippen molar-refractivity contribution in [3.05, 3.63) is 24.2 Å². The summed E-state index contributed by atoms with van der Waals surface area (Å²) < 4.78 is 4.98. The third kappa shape index (κ3) is 3.20. The first-order chi connectivity index (χ1) is 6.24. The predicted octanol–water partition coefficient (Wildman–Crippen LogP) is 1.56. The summed E-state index contributed by atoms with van der Waals surface area (Å²) in [6.07, 6.45) is 3.41. The molecule has 0 bridgehead atoms. The van der Waals surface area contributed by atoms with Crippen LogP contribution in [0.5, 0.6) is 0 Å². The molecule has 0 fully saturated rings. The van der Waals surface area contributed by atoms with E-state index in [1.165, 1.54) is 0 Å². The van der Waals surface area contributed by atoms with E-state index in [9.17, 15) is 0 Å². The molecule has 13 heavy (non-hydrogen) atoms. The number of furan rings is 1. The summed E-state index contributed by atoms with van der Waals surface area (Å²) in [5.74, 6) is 0.300. The fraction of sp³-hybridized carbons (Fsp3) is 0.600. The number of aliphatic hydroxyl groups excluding tert-OH is 1. The van der Waals surface area contributed by atoms with Gasteiger partial charge in [-0.15, -0.1) is 0 Å². The zero-order chi connectivity index (χ0) is 9.68. The van der Waals surface area contributed by atoms with Crippen LogP contribution in [-0.2, 0) is 0 Å². The van der Waals surface area contributed by atoms with E-state index in [0.29, 0.717) is 5.92 Å². The van der Waals surface area contributed by atoms with Crippen molar-refractivity contribution in [1.29, 1.82) is 0 Å². The fourth-order valence-corrected chi connectivity index (χ4v) is 1.08. The van der Waals surface area contributed by atoms with E-state index in [-0.39, 0.29) is 12.6 Å². The maximum Gasteiger partial charge on any atom is 0.0950 e. The first-order valence-electron chi connectivity index (χ1n) is 4.60. The van der Waals surface area contributed by atoms with Gasteiger partial charge in [-0.2, -0.15) is 0 Å². The van der Waals surface area contributed by atoms with Gasteiger partial charge in [-0.1, -0.05) is 6.92 Å². The van der Waals surface area contributed by atoms with Crippen LogP contribution in [0, 0.1) is 5.92 Å². The van der Waals surface area contributed by atoms with Gasteiger partial charge in [0.2, 0.25) is 0 Å². The molecule has 1 aromatic rings. The van der Waals surface area contributed by atoms with Gasteiger partial charge in [0, 0.05) is 24.8 Å². The monoisotopic (exact) mass is 183 g/mol. The Labute approximate surface area is 78.8 Å². The molecular formula is C10H17NO2. The van der Waals surface area contributed by atoms with Crippen molar-refractivity contribution in [2.24, 2.45) is 5.92 Å². The van der Waals surface area contributed by atoms with Crippen molar-refractivity contribution in [2.45, 2.75) is 19.9 Å². The van der Waals surface area contributed by atoms with Crippen molar-refractivity contribution < 1.29 is 9.52 Å². The highest BCUT2D eigenvalue weighted by Gasteiger charge is 2.07. The molecular weight excluding hydrogens is 166 g/mol. The van der Waals surface area contributed by atoms with Gasteiger partial charge in [0.05, 0.1) is 12.5 Å². The molecule has 0 saturated heterocycles. The molecule has 2 atom stereocenters. The smallest absolute Gasteiger partial charge is 0.0950 e. The van der Waals surface area contributed by atoms with E-state index < -0.39 is 0 Å². The Bertz CT molecular complexity index is 221. The minimum absolute atomic E-state index is 0.227. The highest BCUT2D eigenvalue weighted by atomic mass is 16.3. The summed E-state index contributed by atoms with van der Waals surface area (Å²) >= 11 is 0. The quantitative estimate of drug-likeness (QED) is 0.728. The highest BCUT2D eigenvalue weighted by molar-refractivity contribution is 5.10. The van der Waals surface area contributed by atoms with Crippen LogP contribution in [0.3, 0.4) is 0 Å². The molecule has 0 radical (unpaired) electrons. The van der Waals surface area contributed by atoms with Gasteiger partial charge >= 0.3 is 0 Å². The minimum Gasteiger partial charge on any atom is -0.472 e. The van der Waals surface area contributed by atoms with E-state index in [0.717, 1.165) is 12.1 Å². The number of hydrogen-bond donors (Lipinski definition) is 2. The lowest BCUT2D eigenvalue weighted by atomic mass is 10.1. The lowest BCUT2D eigenvalue weighted by Gasteiger charge is -2.14. The van der Waals surface area contributed by atoms with Crippen LogP contribution in [0.4, 0.5) is 0 Å². The Morgan fingerprint density at radius 1 is 1.54 bits per heavy atom. The first-order valence-corrected chi connectivity index (χ1v) is 4.60. The molecule has 0 aromatic carbocycles. The molecule has 1 rings (SSSR count). The third-order valence-electron chi connectivity index (χ3n) is 2.13. The molecule has 2 unspecified atom stereocenters. The second-order valence-corrected chi connectivity index (χ2v) is 3.47. The summed E-state index contributed by atoms with van der Waals surface area (Å²) in [5.41, 5.74) is 1.14. The summed E-state index contributed by atoms with van der Waals surface area (Å²) in [6, 6.07) is 2.23. The van der Waals surface area contributed by atoms with Gasteiger partial charge in [0.15, 0.2) is 0 Å². The van der Waals surface area contributed by atoms with Crippen LogP contribution in [0.1, 0.15) is 25.5 Å². The van der Waals surface area contributed by atoms with Crippen molar-refractivity contribution in [3.63, 3.8) is 0 Å². The number of hydrogen-bond acceptors (Lipinski definition) is 3. The van der Waals surface area contributed by atoms with Gasteiger partial charge in [0.1, 0.15) is 0 Å². The number of aliphatic hydroxyl groups is 1. The molecule has 0 aliphatic heterocycles. The first kappa shape index (κ1) is 10.3.